The average molecular weight is 247 g/mol. The molecule has 1 aromatic carbocycles. The van der Waals surface area contributed by atoms with Gasteiger partial charge in [-0.3, -0.25) is 0 Å². The minimum absolute atomic E-state index is 0.0887. The van der Waals surface area contributed by atoms with Crippen molar-refractivity contribution in [2.24, 2.45) is 5.73 Å². The summed E-state index contributed by atoms with van der Waals surface area (Å²) in [6.45, 7) is 2.09. The van der Waals surface area contributed by atoms with Crippen LogP contribution in [0, 0.1) is 6.92 Å². The Morgan fingerprint density at radius 1 is 1.12 bits per heavy atom. The lowest BCUT2D eigenvalue weighted by Crippen LogP contribution is -2.20. The molecular weight excluding hydrogens is 230 g/mol. The van der Waals surface area contributed by atoms with Crippen LogP contribution in [0.15, 0.2) is 42.5 Å². The molecule has 2 N–H and O–H groups in total. The van der Waals surface area contributed by atoms with Crippen molar-refractivity contribution in [2.75, 3.05) is 7.11 Å². The van der Waals surface area contributed by atoms with Crippen LogP contribution in [0.25, 0.3) is 0 Å². The van der Waals surface area contributed by atoms with E-state index in [-0.39, 0.29) is 12.1 Å². The van der Waals surface area contributed by atoms with Gasteiger partial charge in [0.05, 0.1) is 6.04 Å². The summed E-state index contributed by atoms with van der Waals surface area (Å²) in [5.41, 5.74) is 7.40. The SMILES string of the molecule is COC(c1ccccc1)C(N)c1ccc(C)s1. The lowest BCUT2D eigenvalue weighted by Gasteiger charge is -2.22. The van der Waals surface area contributed by atoms with Crippen molar-refractivity contribution in [1.82, 2.24) is 0 Å². The normalized spacial score (nSPS) is 14.5. The largest absolute Gasteiger partial charge is 0.375 e. The molecule has 2 aromatic rings. The molecule has 0 aliphatic rings. The molecule has 0 amide bonds. The third-order valence-corrected chi connectivity index (χ3v) is 3.90. The summed E-state index contributed by atoms with van der Waals surface area (Å²) in [4.78, 5) is 2.44. The fourth-order valence-corrected chi connectivity index (χ4v) is 2.82. The number of methoxy groups -OCH3 is 1. The van der Waals surface area contributed by atoms with Crippen molar-refractivity contribution in [3.05, 3.63) is 57.8 Å². The van der Waals surface area contributed by atoms with E-state index in [2.05, 4.69) is 31.2 Å². The number of benzene rings is 1. The van der Waals surface area contributed by atoms with Crippen molar-refractivity contribution in [2.45, 2.75) is 19.1 Å². The van der Waals surface area contributed by atoms with Gasteiger partial charge in [-0.15, -0.1) is 11.3 Å². The van der Waals surface area contributed by atoms with Gasteiger partial charge in [0.25, 0.3) is 0 Å². The van der Waals surface area contributed by atoms with Crippen molar-refractivity contribution in [1.29, 1.82) is 0 Å². The Bertz CT molecular complexity index is 466. The van der Waals surface area contributed by atoms with Gasteiger partial charge in [-0.05, 0) is 24.6 Å². The van der Waals surface area contributed by atoms with Gasteiger partial charge in [-0.25, -0.2) is 0 Å². The van der Waals surface area contributed by atoms with Crippen LogP contribution in [-0.2, 0) is 4.74 Å². The van der Waals surface area contributed by atoms with Crippen molar-refractivity contribution >= 4 is 11.3 Å². The van der Waals surface area contributed by atoms with Crippen LogP contribution in [-0.4, -0.2) is 7.11 Å². The molecule has 0 spiro atoms. The number of ether oxygens (including phenoxy) is 1. The van der Waals surface area contributed by atoms with E-state index in [9.17, 15) is 0 Å². The summed E-state index contributed by atoms with van der Waals surface area (Å²) in [5.74, 6) is 0. The Morgan fingerprint density at radius 2 is 1.82 bits per heavy atom. The number of rotatable bonds is 4. The fraction of sp³-hybridized carbons (Fsp3) is 0.286. The highest BCUT2D eigenvalue weighted by Crippen LogP contribution is 2.33. The lowest BCUT2D eigenvalue weighted by atomic mass is 10.0. The maximum atomic E-state index is 6.28. The summed E-state index contributed by atoms with van der Waals surface area (Å²) in [7, 11) is 1.71. The molecule has 0 aliphatic carbocycles. The third kappa shape index (κ3) is 2.75. The van der Waals surface area contributed by atoms with Gasteiger partial charge in [0, 0.05) is 16.9 Å². The number of nitrogens with two attached hydrogens (primary N) is 1. The standard InChI is InChI=1S/C14H17NOS/c1-10-8-9-12(17-10)13(15)14(16-2)11-6-4-3-5-7-11/h3-9,13-14H,15H2,1-2H3. The highest BCUT2D eigenvalue weighted by atomic mass is 32.1. The Labute approximate surface area is 106 Å². The Kier molecular flexibility index (Phi) is 3.94. The zero-order valence-electron chi connectivity index (χ0n) is 10.1. The molecule has 0 radical (unpaired) electrons. The summed E-state index contributed by atoms with van der Waals surface area (Å²) in [6.07, 6.45) is -0.0887. The summed E-state index contributed by atoms with van der Waals surface area (Å²) in [5, 5.41) is 0. The molecule has 90 valence electrons. The molecule has 2 rings (SSSR count). The van der Waals surface area contributed by atoms with Crippen molar-refractivity contribution in [3.8, 4) is 0 Å². The number of aryl methyl sites for hydroxylation is 1. The highest BCUT2D eigenvalue weighted by molar-refractivity contribution is 7.12. The molecule has 0 aliphatic heterocycles. The van der Waals surface area contributed by atoms with E-state index in [1.165, 1.54) is 9.75 Å². The van der Waals surface area contributed by atoms with E-state index in [1.54, 1.807) is 18.4 Å². The number of hydrogen-bond donors (Lipinski definition) is 1. The smallest absolute Gasteiger partial charge is 0.102 e. The van der Waals surface area contributed by atoms with E-state index in [0.717, 1.165) is 5.56 Å². The molecule has 2 nitrogen and oxygen atoms in total. The second-order valence-corrected chi connectivity index (χ2v) is 5.36. The third-order valence-electron chi connectivity index (χ3n) is 2.80. The van der Waals surface area contributed by atoms with E-state index >= 15 is 0 Å². The highest BCUT2D eigenvalue weighted by Gasteiger charge is 2.21. The first-order valence-electron chi connectivity index (χ1n) is 5.62. The first kappa shape index (κ1) is 12.3. The number of thiophene rings is 1. The molecule has 1 aromatic heterocycles. The van der Waals surface area contributed by atoms with Gasteiger partial charge in [0.2, 0.25) is 0 Å². The first-order valence-corrected chi connectivity index (χ1v) is 6.43. The van der Waals surface area contributed by atoms with Gasteiger partial charge in [0.15, 0.2) is 0 Å². The summed E-state index contributed by atoms with van der Waals surface area (Å²) >= 11 is 1.73. The van der Waals surface area contributed by atoms with Crippen LogP contribution in [0.3, 0.4) is 0 Å². The maximum Gasteiger partial charge on any atom is 0.102 e. The van der Waals surface area contributed by atoms with Crippen LogP contribution in [0.4, 0.5) is 0 Å². The fourth-order valence-electron chi connectivity index (χ4n) is 1.91. The minimum atomic E-state index is -0.110. The molecule has 0 saturated heterocycles. The lowest BCUT2D eigenvalue weighted by molar-refractivity contribution is 0.0811. The molecule has 2 unspecified atom stereocenters. The molecule has 0 bridgehead atoms. The molecule has 3 heteroatoms. The van der Waals surface area contributed by atoms with Gasteiger partial charge in [0.1, 0.15) is 6.10 Å². The van der Waals surface area contributed by atoms with Gasteiger partial charge in [-0.1, -0.05) is 30.3 Å². The molecule has 17 heavy (non-hydrogen) atoms. The van der Waals surface area contributed by atoms with E-state index < -0.39 is 0 Å². The Hall–Kier alpha value is -1.16. The van der Waals surface area contributed by atoms with Gasteiger partial charge < -0.3 is 10.5 Å². The second-order valence-electron chi connectivity index (χ2n) is 4.04. The molecule has 0 fully saturated rings. The Morgan fingerprint density at radius 3 is 2.35 bits per heavy atom. The van der Waals surface area contributed by atoms with Crippen LogP contribution < -0.4 is 5.73 Å². The van der Waals surface area contributed by atoms with E-state index in [0.29, 0.717) is 0 Å². The summed E-state index contributed by atoms with van der Waals surface area (Å²) in [6, 6.07) is 14.2. The molecule has 2 atom stereocenters. The second kappa shape index (κ2) is 5.45. The molecular formula is C14H17NOS. The minimum Gasteiger partial charge on any atom is -0.375 e. The monoisotopic (exact) mass is 247 g/mol. The van der Waals surface area contributed by atoms with Crippen LogP contribution in [0.5, 0.6) is 0 Å². The van der Waals surface area contributed by atoms with E-state index in [1.807, 2.05) is 18.2 Å². The topological polar surface area (TPSA) is 35.2 Å². The van der Waals surface area contributed by atoms with E-state index in [4.69, 9.17) is 10.5 Å². The quantitative estimate of drug-likeness (QED) is 0.898. The zero-order valence-corrected chi connectivity index (χ0v) is 10.9. The van der Waals surface area contributed by atoms with Crippen LogP contribution in [0.2, 0.25) is 0 Å². The predicted molar refractivity (Wildman–Crippen MR) is 72.2 cm³/mol. The summed E-state index contributed by atoms with van der Waals surface area (Å²) < 4.78 is 5.54. The van der Waals surface area contributed by atoms with Gasteiger partial charge >= 0.3 is 0 Å². The zero-order chi connectivity index (χ0) is 12.3. The van der Waals surface area contributed by atoms with Crippen LogP contribution >= 0.6 is 11.3 Å². The number of hydrogen-bond acceptors (Lipinski definition) is 3. The Balaban J connectivity index is 2.25. The average Bonchev–Trinajstić information content (AvgIpc) is 2.78. The van der Waals surface area contributed by atoms with Crippen LogP contribution in [0.1, 0.15) is 27.5 Å². The van der Waals surface area contributed by atoms with Crippen molar-refractivity contribution < 1.29 is 4.74 Å². The molecule has 0 saturated carbocycles. The van der Waals surface area contributed by atoms with Gasteiger partial charge in [-0.2, -0.15) is 0 Å². The maximum absolute atomic E-state index is 6.28. The predicted octanol–water partition coefficient (Wildman–Crippen LogP) is 3.44. The first-order chi connectivity index (χ1) is 8.22. The molecule has 1 heterocycles. The van der Waals surface area contributed by atoms with Crippen molar-refractivity contribution in [3.63, 3.8) is 0 Å².